The highest BCUT2D eigenvalue weighted by molar-refractivity contribution is 6.34. The molecule has 1 heterocycles. The van der Waals surface area contributed by atoms with Crippen molar-refractivity contribution in [3.05, 3.63) is 34.9 Å². The van der Waals surface area contributed by atoms with Crippen LogP contribution in [0.3, 0.4) is 0 Å². The molecule has 1 fully saturated rings. The first-order valence-electron chi connectivity index (χ1n) is 5.93. The minimum absolute atomic E-state index is 0.000750. The van der Waals surface area contributed by atoms with Gasteiger partial charge in [0.25, 0.3) is 0 Å². The smallest absolute Gasteiger partial charge is 0.178 e. The summed E-state index contributed by atoms with van der Waals surface area (Å²) in [5, 5.41) is 9.53. The van der Waals surface area contributed by atoms with Crippen molar-refractivity contribution in [2.45, 2.75) is 6.10 Å². The molecular formula is C13H16ClNO3. The molecule has 1 unspecified atom stereocenters. The summed E-state index contributed by atoms with van der Waals surface area (Å²) in [7, 11) is 0. The zero-order chi connectivity index (χ0) is 13.0. The lowest BCUT2D eigenvalue weighted by Crippen LogP contribution is -2.46. The number of aliphatic hydroxyl groups excluding tert-OH is 1. The lowest BCUT2D eigenvalue weighted by molar-refractivity contribution is -0.0503. The molecular weight excluding hydrogens is 254 g/mol. The Labute approximate surface area is 111 Å². The Morgan fingerprint density at radius 2 is 2.28 bits per heavy atom. The molecule has 0 spiro atoms. The molecule has 18 heavy (non-hydrogen) atoms. The second-order valence-corrected chi connectivity index (χ2v) is 4.72. The second-order valence-electron chi connectivity index (χ2n) is 4.31. The quantitative estimate of drug-likeness (QED) is 0.835. The van der Waals surface area contributed by atoms with Crippen LogP contribution >= 0.6 is 11.6 Å². The Kier molecular flexibility index (Phi) is 4.72. The number of hydrogen-bond donors (Lipinski definition) is 1. The van der Waals surface area contributed by atoms with E-state index in [2.05, 4.69) is 0 Å². The zero-order valence-corrected chi connectivity index (χ0v) is 10.8. The third-order valence-electron chi connectivity index (χ3n) is 2.97. The van der Waals surface area contributed by atoms with Gasteiger partial charge in [-0.05, 0) is 12.1 Å². The molecule has 0 amide bonds. The van der Waals surface area contributed by atoms with Crippen molar-refractivity contribution in [1.82, 2.24) is 4.90 Å². The van der Waals surface area contributed by atoms with Gasteiger partial charge in [-0.25, -0.2) is 0 Å². The summed E-state index contributed by atoms with van der Waals surface area (Å²) in [5.74, 6) is -0.000750. The van der Waals surface area contributed by atoms with Crippen molar-refractivity contribution >= 4 is 17.4 Å². The summed E-state index contributed by atoms with van der Waals surface area (Å²) >= 11 is 5.99. The van der Waals surface area contributed by atoms with Crippen LogP contribution < -0.4 is 0 Å². The van der Waals surface area contributed by atoms with Crippen molar-refractivity contribution < 1.29 is 14.6 Å². The summed E-state index contributed by atoms with van der Waals surface area (Å²) in [4.78, 5) is 14.1. The molecule has 0 aliphatic carbocycles. The first-order chi connectivity index (χ1) is 8.70. The maximum Gasteiger partial charge on any atom is 0.178 e. The lowest BCUT2D eigenvalue weighted by atomic mass is 10.1. The number of carbonyl (C=O) groups excluding carboxylic acids is 1. The number of aliphatic hydroxyl groups is 1. The van der Waals surface area contributed by atoms with Gasteiger partial charge in [0.05, 0.1) is 30.9 Å². The number of morpholine rings is 1. The number of rotatable bonds is 4. The predicted octanol–water partition coefficient (Wildman–Crippen LogP) is 1.22. The molecule has 1 atom stereocenters. The molecule has 4 nitrogen and oxygen atoms in total. The minimum Gasteiger partial charge on any atom is -0.394 e. The van der Waals surface area contributed by atoms with E-state index in [1.165, 1.54) is 0 Å². The fourth-order valence-corrected chi connectivity index (χ4v) is 2.25. The summed E-state index contributed by atoms with van der Waals surface area (Å²) in [6, 6.07) is 7.05. The van der Waals surface area contributed by atoms with Crippen molar-refractivity contribution in [3.8, 4) is 0 Å². The average molecular weight is 270 g/mol. The first-order valence-corrected chi connectivity index (χ1v) is 6.31. The van der Waals surface area contributed by atoms with E-state index in [-0.39, 0.29) is 18.5 Å². The van der Waals surface area contributed by atoms with E-state index in [1.807, 2.05) is 4.90 Å². The van der Waals surface area contributed by atoms with E-state index < -0.39 is 0 Å². The third kappa shape index (κ3) is 3.29. The number of benzene rings is 1. The van der Waals surface area contributed by atoms with Gasteiger partial charge in [0.1, 0.15) is 0 Å². The fourth-order valence-electron chi connectivity index (χ4n) is 2.01. The molecule has 0 saturated carbocycles. The van der Waals surface area contributed by atoms with E-state index in [0.717, 1.165) is 0 Å². The van der Waals surface area contributed by atoms with Crippen LogP contribution in [-0.2, 0) is 4.74 Å². The molecule has 1 aromatic rings. The average Bonchev–Trinajstić information content (AvgIpc) is 2.39. The molecule has 2 rings (SSSR count). The number of halogens is 1. The topological polar surface area (TPSA) is 49.8 Å². The van der Waals surface area contributed by atoms with E-state index in [0.29, 0.717) is 36.8 Å². The monoisotopic (exact) mass is 269 g/mol. The van der Waals surface area contributed by atoms with Crippen molar-refractivity contribution in [1.29, 1.82) is 0 Å². The van der Waals surface area contributed by atoms with Crippen molar-refractivity contribution in [3.63, 3.8) is 0 Å². The van der Waals surface area contributed by atoms with Crippen LogP contribution in [0.4, 0.5) is 0 Å². The first kappa shape index (κ1) is 13.5. The number of ether oxygens (including phenoxy) is 1. The summed E-state index contributed by atoms with van der Waals surface area (Å²) in [5.41, 5.74) is 0.547. The van der Waals surface area contributed by atoms with Gasteiger partial charge in [-0.15, -0.1) is 0 Å². The maximum absolute atomic E-state index is 12.1. The molecule has 1 aliphatic heterocycles. The largest absolute Gasteiger partial charge is 0.394 e. The molecule has 1 aliphatic rings. The highest BCUT2D eigenvalue weighted by Crippen LogP contribution is 2.16. The highest BCUT2D eigenvalue weighted by atomic mass is 35.5. The Hall–Kier alpha value is -0.940. The van der Waals surface area contributed by atoms with E-state index in [4.69, 9.17) is 21.4 Å². The van der Waals surface area contributed by atoms with Gasteiger partial charge in [-0.3, -0.25) is 9.69 Å². The van der Waals surface area contributed by atoms with Crippen molar-refractivity contribution in [2.75, 3.05) is 32.8 Å². The number of carbonyl (C=O) groups is 1. The van der Waals surface area contributed by atoms with Gasteiger partial charge in [0, 0.05) is 18.7 Å². The van der Waals surface area contributed by atoms with Gasteiger partial charge < -0.3 is 9.84 Å². The fraction of sp³-hybridized carbons (Fsp3) is 0.462. The molecule has 5 heteroatoms. The summed E-state index contributed by atoms with van der Waals surface area (Å²) < 4.78 is 5.34. The molecule has 0 radical (unpaired) electrons. The van der Waals surface area contributed by atoms with Crippen LogP contribution in [0, 0.1) is 0 Å². The Balaban J connectivity index is 1.97. The van der Waals surface area contributed by atoms with Gasteiger partial charge >= 0.3 is 0 Å². The lowest BCUT2D eigenvalue weighted by Gasteiger charge is -2.31. The Morgan fingerprint density at radius 1 is 1.50 bits per heavy atom. The van der Waals surface area contributed by atoms with Crippen LogP contribution in [0.1, 0.15) is 10.4 Å². The predicted molar refractivity (Wildman–Crippen MR) is 69.0 cm³/mol. The van der Waals surface area contributed by atoms with Gasteiger partial charge in [-0.2, -0.15) is 0 Å². The standard InChI is InChI=1S/C13H16ClNO3/c14-12-4-2-1-3-11(12)13(17)8-15-5-6-18-10(7-15)9-16/h1-4,10,16H,5-9H2. The summed E-state index contributed by atoms with van der Waals surface area (Å²) in [6.45, 7) is 2.11. The molecule has 1 N–H and O–H groups in total. The van der Waals surface area contributed by atoms with E-state index in [1.54, 1.807) is 24.3 Å². The van der Waals surface area contributed by atoms with Gasteiger partial charge in [0.2, 0.25) is 0 Å². The second kappa shape index (κ2) is 6.29. The Bertz CT molecular complexity index is 424. The normalized spacial score (nSPS) is 20.9. The molecule has 1 aromatic carbocycles. The maximum atomic E-state index is 12.1. The van der Waals surface area contributed by atoms with Crippen LogP contribution in [0.2, 0.25) is 5.02 Å². The minimum atomic E-state index is -0.196. The zero-order valence-electron chi connectivity index (χ0n) is 10.0. The molecule has 0 aromatic heterocycles. The van der Waals surface area contributed by atoms with Crippen LogP contribution in [0.15, 0.2) is 24.3 Å². The van der Waals surface area contributed by atoms with E-state index in [9.17, 15) is 4.79 Å². The van der Waals surface area contributed by atoms with E-state index >= 15 is 0 Å². The highest BCUT2D eigenvalue weighted by Gasteiger charge is 2.22. The van der Waals surface area contributed by atoms with Crippen LogP contribution in [0.25, 0.3) is 0 Å². The Morgan fingerprint density at radius 3 is 3.00 bits per heavy atom. The number of hydrogen-bond acceptors (Lipinski definition) is 4. The number of Topliss-reactive ketones (excluding diaryl/α,β-unsaturated/α-hetero) is 1. The molecule has 1 saturated heterocycles. The van der Waals surface area contributed by atoms with Gasteiger partial charge in [-0.1, -0.05) is 23.7 Å². The number of nitrogens with zero attached hydrogens (tertiary/aromatic N) is 1. The van der Waals surface area contributed by atoms with Gasteiger partial charge in [0.15, 0.2) is 5.78 Å². The SMILES string of the molecule is O=C(CN1CCOC(CO)C1)c1ccccc1Cl. The molecule has 98 valence electrons. The number of ketones is 1. The summed E-state index contributed by atoms with van der Waals surface area (Å²) in [6.07, 6.45) is -0.196. The third-order valence-corrected chi connectivity index (χ3v) is 3.30. The van der Waals surface area contributed by atoms with Crippen molar-refractivity contribution in [2.24, 2.45) is 0 Å². The van der Waals surface area contributed by atoms with Crippen LogP contribution in [0.5, 0.6) is 0 Å². The molecule has 0 bridgehead atoms. The van der Waals surface area contributed by atoms with Crippen LogP contribution in [-0.4, -0.2) is 54.7 Å².